The third-order valence-corrected chi connectivity index (χ3v) is 2.87. The zero-order valence-electron chi connectivity index (χ0n) is 11.7. The molecule has 0 saturated heterocycles. The molecule has 4 heteroatoms. The molecule has 20 heavy (non-hydrogen) atoms. The summed E-state index contributed by atoms with van der Waals surface area (Å²) in [5, 5.41) is 12.0. The second kappa shape index (κ2) is 6.69. The molecule has 2 rings (SSSR count). The van der Waals surface area contributed by atoms with E-state index in [1.807, 2.05) is 44.3 Å². The fourth-order valence-electron chi connectivity index (χ4n) is 1.91. The van der Waals surface area contributed by atoms with Crippen LogP contribution in [0.15, 0.2) is 36.4 Å². The number of nitrogens with zero attached hydrogens (tertiary/aromatic N) is 2. The van der Waals surface area contributed by atoms with Gasteiger partial charge in [0.05, 0.1) is 17.3 Å². The molecule has 1 aromatic carbocycles. The minimum atomic E-state index is 0.428. The minimum Gasteiger partial charge on any atom is -0.487 e. The summed E-state index contributed by atoms with van der Waals surface area (Å²) < 4.78 is 5.82. The lowest BCUT2D eigenvalue weighted by Crippen LogP contribution is -2.10. The average Bonchev–Trinajstić information content (AvgIpc) is 2.47. The summed E-state index contributed by atoms with van der Waals surface area (Å²) in [6.45, 7) is 3.05. The highest BCUT2D eigenvalue weighted by atomic mass is 16.5. The Morgan fingerprint density at radius 1 is 1.30 bits per heavy atom. The fourth-order valence-corrected chi connectivity index (χ4v) is 1.91. The molecule has 1 heterocycles. The molecule has 0 aliphatic carbocycles. The maximum atomic E-state index is 8.88. The fraction of sp³-hybridized carbons (Fsp3) is 0.250. The number of aromatic nitrogens is 1. The summed E-state index contributed by atoms with van der Waals surface area (Å²) >= 11 is 0. The monoisotopic (exact) mass is 267 g/mol. The van der Waals surface area contributed by atoms with Crippen LogP contribution >= 0.6 is 0 Å². The second-order valence-electron chi connectivity index (χ2n) is 4.53. The van der Waals surface area contributed by atoms with E-state index in [0.29, 0.717) is 18.7 Å². The van der Waals surface area contributed by atoms with Crippen molar-refractivity contribution < 1.29 is 4.74 Å². The Bertz CT molecular complexity index is 632. The molecular formula is C16H17N3O. The number of aryl methyl sites for hydroxylation is 1. The van der Waals surface area contributed by atoms with E-state index in [4.69, 9.17) is 10.00 Å². The van der Waals surface area contributed by atoms with Crippen molar-refractivity contribution in [1.29, 1.82) is 5.26 Å². The molecule has 0 fully saturated rings. The number of nitriles is 1. The van der Waals surface area contributed by atoms with Crippen molar-refractivity contribution in [1.82, 2.24) is 10.3 Å². The number of ether oxygens (including phenoxy) is 1. The first-order valence-electron chi connectivity index (χ1n) is 6.46. The molecule has 0 bridgehead atoms. The summed E-state index contributed by atoms with van der Waals surface area (Å²) in [6, 6.07) is 13.4. The van der Waals surface area contributed by atoms with Gasteiger partial charge < -0.3 is 10.1 Å². The van der Waals surface area contributed by atoms with Gasteiger partial charge in [0.15, 0.2) is 0 Å². The van der Waals surface area contributed by atoms with E-state index in [9.17, 15) is 0 Å². The van der Waals surface area contributed by atoms with E-state index < -0.39 is 0 Å². The zero-order chi connectivity index (χ0) is 14.4. The van der Waals surface area contributed by atoms with Crippen LogP contribution in [0.25, 0.3) is 0 Å². The molecule has 2 aromatic rings. The van der Waals surface area contributed by atoms with Gasteiger partial charge in [-0.05, 0) is 43.8 Å². The molecule has 0 aliphatic rings. The molecule has 0 spiro atoms. The molecule has 0 radical (unpaired) electrons. The highest BCUT2D eigenvalue weighted by molar-refractivity contribution is 5.33. The Labute approximate surface area is 119 Å². The van der Waals surface area contributed by atoms with Crippen molar-refractivity contribution in [2.45, 2.75) is 20.1 Å². The predicted octanol–water partition coefficient (Wildman–Crippen LogP) is 2.56. The number of benzene rings is 1. The molecule has 4 nitrogen and oxygen atoms in total. The van der Waals surface area contributed by atoms with Crippen LogP contribution in [0.3, 0.4) is 0 Å². The van der Waals surface area contributed by atoms with Crippen molar-refractivity contribution in [3.63, 3.8) is 0 Å². The average molecular weight is 267 g/mol. The van der Waals surface area contributed by atoms with E-state index in [1.54, 1.807) is 6.07 Å². The van der Waals surface area contributed by atoms with E-state index in [1.165, 1.54) is 0 Å². The smallest absolute Gasteiger partial charge is 0.142 e. The lowest BCUT2D eigenvalue weighted by molar-refractivity contribution is 0.300. The number of hydrogen-bond acceptors (Lipinski definition) is 4. The van der Waals surface area contributed by atoms with Crippen LogP contribution in [-0.2, 0) is 13.2 Å². The summed E-state index contributed by atoms with van der Waals surface area (Å²) in [5.41, 5.74) is 3.47. The normalized spacial score (nSPS) is 10.1. The quantitative estimate of drug-likeness (QED) is 0.904. The van der Waals surface area contributed by atoms with Crippen molar-refractivity contribution in [3.8, 4) is 11.8 Å². The number of pyridine rings is 1. The van der Waals surface area contributed by atoms with Gasteiger partial charge in [0.25, 0.3) is 0 Å². The third kappa shape index (κ3) is 3.56. The molecule has 0 unspecified atom stereocenters. The predicted molar refractivity (Wildman–Crippen MR) is 77.2 cm³/mol. The Hall–Kier alpha value is -2.38. The highest BCUT2D eigenvalue weighted by Crippen LogP contribution is 2.18. The molecule has 1 aromatic heterocycles. The molecule has 1 N–H and O–H groups in total. The lowest BCUT2D eigenvalue weighted by atomic mass is 10.1. The van der Waals surface area contributed by atoms with Crippen LogP contribution in [-0.4, -0.2) is 12.0 Å². The number of hydrogen-bond donors (Lipinski definition) is 1. The second-order valence-corrected chi connectivity index (χ2v) is 4.53. The number of rotatable bonds is 5. The highest BCUT2D eigenvalue weighted by Gasteiger charge is 2.06. The first kappa shape index (κ1) is 14.0. The topological polar surface area (TPSA) is 57.9 Å². The molecule has 0 amide bonds. The Morgan fingerprint density at radius 3 is 2.90 bits per heavy atom. The summed E-state index contributed by atoms with van der Waals surface area (Å²) in [4.78, 5) is 4.47. The largest absolute Gasteiger partial charge is 0.487 e. The zero-order valence-corrected chi connectivity index (χ0v) is 11.7. The van der Waals surface area contributed by atoms with Crippen molar-refractivity contribution >= 4 is 0 Å². The van der Waals surface area contributed by atoms with E-state index in [2.05, 4.69) is 16.4 Å². The summed E-state index contributed by atoms with van der Waals surface area (Å²) in [6.07, 6.45) is 0. The third-order valence-electron chi connectivity index (χ3n) is 2.87. The van der Waals surface area contributed by atoms with Crippen molar-refractivity contribution in [3.05, 3.63) is 58.9 Å². The van der Waals surface area contributed by atoms with Gasteiger partial charge in [-0.2, -0.15) is 5.26 Å². The van der Waals surface area contributed by atoms with Crippen LogP contribution in [0, 0.1) is 18.3 Å². The van der Waals surface area contributed by atoms with Gasteiger partial charge in [-0.15, -0.1) is 0 Å². The molecular weight excluding hydrogens is 250 g/mol. The van der Waals surface area contributed by atoms with E-state index in [0.717, 1.165) is 22.7 Å². The van der Waals surface area contributed by atoms with Gasteiger partial charge in [-0.3, -0.25) is 4.98 Å². The first-order valence-corrected chi connectivity index (χ1v) is 6.46. The Kier molecular flexibility index (Phi) is 4.70. The van der Waals surface area contributed by atoms with Crippen molar-refractivity contribution in [2.75, 3.05) is 7.05 Å². The van der Waals surface area contributed by atoms with Gasteiger partial charge in [0, 0.05) is 12.2 Å². The number of nitrogens with one attached hydrogen (secondary N) is 1. The van der Waals surface area contributed by atoms with E-state index >= 15 is 0 Å². The van der Waals surface area contributed by atoms with Gasteiger partial charge in [-0.25, -0.2) is 0 Å². The van der Waals surface area contributed by atoms with Crippen LogP contribution in [0.5, 0.6) is 5.75 Å². The van der Waals surface area contributed by atoms with E-state index in [-0.39, 0.29) is 0 Å². The summed E-state index contributed by atoms with van der Waals surface area (Å²) in [7, 11) is 1.88. The van der Waals surface area contributed by atoms with Crippen LogP contribution < -0.4 is 10.1 Å². The van der Waals surface area contributed by atoms with Crippen molar-refractivity contribution in [2.24, 2.45) is 0 Å². The SMILES string of the molecule is CNCc1nc(C)ccc1OCc1cccc(C#N)c1. The Morgan fingerprint density at radius 2 is 2.15 bits per heavy atom. The Balaban J connectivity index is 2.12. The van der Waals surface area contributed by atoms with Crippen LogP contribution in [0.1, 0.15) is 22.5 Å². The standard InChI is InChI=1S/C16H17N3O/c1-12-6-7-16(15(19-12)10-18-2)20-11-14-5-3-4-13(8-14)9-17/h3-8,18H,10-11H2,1-2H3. The van der Waals surface area contributed by atoms with Gasteiger partial charge >= 0.3 is 0 Å². The lowest BCUT2D eigenvalue weighted by Gasteiger charge is -2.11. The maximum Gasteiger partial charge on any atom is 0.142 e. The maximum absolute atomic E-state index is 8.88. The van der Waals surface area contributed by atoms with Gasteiger partial charge in [0.2, 0.25) is 0 Å². The van der Waals surface area contributed by atoms with Crippen LogP contribution in [0.4, 0.5) is 0 Å². The first-order chi connectivity index (χ1) is 9.72. The molecule has 102 valence electrons. The van der Waals surface area contributed by atoms with Gasteiger partial charge in [-0.1, -0.05) is 12.1 Å². The molecule has 0 saturated carbocycles. The molecule has 0 aliphatic heterocycles. The van der Waals surface area contributed by atoms with Gasteiger partial charge in [0.1, 0.15) is 12.4 Å². The summed E-state index contributed by atoms with van der Waals surface area (Å²) in [5.74, 6) is 0.771. The molecule has 0 atom stereocenters. The minimum absolute atomic E-state index is 0.428. The van der Waals surface area contributed by atoms with Crippen LogP contribution in [0.2, 0.25) is 0 Å².